The first-order valence-corrected chi connectivity index (χ1v) is 8.19. The van der Waals surface area contributed by atoms with Gasteiger partial charge in [-0.05, 0) is 32.4 Å². The van der Waals surface area contributed by atoms with Crippen LogP contribution in [0.15, 0.2) is 30.5 Å². The van der Waals surface area contributed by atoms with Crippen molar-refractivity contribution >= 4 is 11.8 Å². The monoisotopic (exact) mass is 329 g/mol. The third kappa shape index (κ3) is 3.41. The van der Waals surface area contributed by atoms with E-state index in [0.717, 1.165) is 12.1 Å². The summed E-state index contributed by atoms with van der Waals surface area (Å²) in [5, 5.41) is 7.37. The molecule has 0 bridgehead atoms. The lowest BCUT2D eigenvalue weighted by molar-refractivity contribution is -0.0860. The number of amides is 2. The van der Waals surface area contributed by atoms with Crippen LogP contribution in [0.5, 0.6) is 0 Å². The van der Waals surface area contributed by atoms with Crippen LogP contribution in [0.2, 0.25) is 0 Å². The molecule has 2 aromatic rings. The number of carbonyl (C=O) groups is 1. The van der Waals surface area contributed by atoms with Gasteiger partial charge in [-0.25, -0.2) is 9.78 Å². The van der Waals surface area contributed by atoms with Crippen molar-refractivity contribution in [3.63, 3.8) is 0 Å². The Bertz CT molecular complexity index is 715. The molecule has 1 fully saturated rings. The van der Waals surface area contributed by atoms with Crippen molar-refractivity contribution in [3.05, 3.63) is 36.2 Å². The van der Waals surface area contributed by atoms with Crippen LogP contribution in [0.3, 0.4) is 0 Å². The molecule has 1 N–H and O–H groups in total. The highest BCUT2D eigenvalue weighted by Crippen LogP contribution is 2.22. The number of rotatable bonds is 3. The highest BCUT2D eigenvalue weighted by atomic mass is 16.5. The summed E-state index contributed by atoms with van der Waals surface area (Å²) in [4.78, 5) is 18.7. The van der Waals surface area contributed by atoms with E-state index < -0.39 is 0 Å². The van der Waals surface area contributed by atoms with Gasteiger partial charge in [0.25, 0.3) is 0 Å². The van der Waals surface area contributed by atoms with E-state index in [2.05, 4.69) is 22.3 Å². The third-order valence-electron chi connectivity index (χ3n) is 4.30. The number of nitrogens with zero attached hydrogens (tertiary/aromatic N) is 4. The van der Waals surface area contributed by atoms with Crippen LogP contribution < -0.4 is 5.32 Å². The Morgan fingerprint density at radius 3 is 3.00 bits per heavy atom. The Labute approximate surface area is 141 Å². The second-order valence-electron chi connectivity index (χ2n) is 6.27. The maximum absolute atomic E-state index is 12.7. The van der Waals surface area contributed by atoms with Crippen molar-refractivity contribution in [1.82, 2.24) is 19.7 Å². The van der Waals surface area contributed by atoms with E-state index in [4.69, 9.17) is 4.74 Å². The average Bonchev–Trinajstić information content (AvgIpc) is 2.96. The second kappa shape index (κ2) is 6.60. The zero-order chi connectivity index (χ0) is 17.2. The van der Waals surface area contributed by atoms with Gasteiger partial charge in [-0.2, -0.15) is 9.78 Å². The number of aryl methyl sites for hydroxylation is 1. The summed E-state index contributed by atoms with van der Waals surface area (Å²) in [6.07, 6.45) is 2.56. The number of urea groups is 1. The zero-order valence-electron chi connectivity index (χ0n) is 14.3. The molecule has 1 saturated heterocycles. The van der Waals surface area contributed by atoms with Gasteiger partial charge in [0.05, 0.1) is 24.4 Å². The summed E-state index contributed by atoms with van der Waals surface area (Å²) in [7, 11) is 0. The summed E-state index contributed by atoms with van der Waals surface area (Å²) in [5.41, 5.74) is 0.531. The normalized spacial score (nSPS) is 20.9. The fraction of sp³-hybridized carbons (Fsp3) is 0.471. The van der Waals surface area contributed by atoms with Crippen LogP contribution in [0.25, 0.3) is 5.82 Å². The number of aromatic nitrogens is 3. The Morgan fingerprint density at radius 2 is 2.29 bits per heavy atom. The number of hydrogen-bond donors (Lipinski definition) is 1. The molecule has 0 aliphatic carbocycles. The minimum Gasteiger partial charge on any atom is -0.372 e. The maximum atomic E-state index is 12.7. The number of pyridine rings is 1. The Hall–Kier alpha value is -2.41. The quantitative estimate of drug-likeness (QED) is 0.939. The van der Waals surface area contributed by atoms with Gasteiger partial charge < -0.3 is 9.64 Å². The van der Waals surface area contributed by atoms with E-state index in [0.29, 0.717) is 31.3 Å². The van der Waals surface area contributed by atoms with Crippen LogP contribution in [0.1, 0.15) is 26.0 Å². The number of nitrogens with one attached hydrogen (secondary N) is 1. The first kappa shape index (κ1) is 16.4. The van der Waals surface area contributed by atoms with E-state index in [1.54, 1.807) is 15.8 Å². The molecule has 0 radical (unpaired) electrons. The second-order valence-corrected chi connectivity index (χ2v) is 6.27. The lowest BCUT2D eigenvalue weighted by Gasteiger charge is -2.39. The van der Waals surface area contributed by atoms with Crippen molar-refractivity contribution in [2.24, 2.45) is 0 Å². The molecule has 7 heteroatoms. The Balaban J connectivity index is 1.78. The van der Waals surface area contributed by atoms with Crippen molar-refractivity contribution in [1.29, 1.82) is 0 Å². The molecule has 2 aromatic heterocycles. The fourth-order valence-electron chi connectivity index (χ4n) is 2.75. The summed E-state index contributed by atoms with van der Waals surface area (Å²) in [6.45, 7) is 7.70. The van der Waals surface area contributed by atoms with E-state index in [1.807, 2.05) is 38.1 Å². The zero-order valence-corrected chi connectivity index (χ0v) is 14.3. The van der Waals surface area contributed by atoms with E-state index in [9.17, 15) is 4.79 Å². The standard InChI is InChI=1S/C17H23N5O2/c1-4-17(3)12-21(9-10-24-17)16(23)19-15-11-13(2)20-22(15)14-7-5-6-8-18-14/h5-8,11H,4,9-10,12H2,1-3H3,(H,19,23)/t17-/m1/s1. The lowest BCUT2D eigenvalue weighted by atomic mass is 10.0. The predicted molar refractivity (Wildman–Crippen MR) is 91.3 cm³/mol. The molecule has 128 valence electrons. The largest absolute Gasteiger partial charge is 0.372 e. The van der Waals surface area contributed by atoms with Crippen molar-refractivity contribution in [3.8, 4) is 5.82 Å². The average molecular weight is 329 g/mol. The van der Waals surface area contributed by atoms with Crippen LogP contribution in [-0.4, -0.2) is 51.0 Å². The maximum Gasteiger partial charge on any atom is 0.323 e. The van der Waals surface area contributed by atoms with Crippen molar-refractivity contribution < 1.29 is 9.53 Å². The molecule has 7 nitrogen and oxygen atoms in total. The molecule has 0 saturated carbocycles. The van der Waals surface area contributed by atoms with Gasteiger partial charge in [0.2, 0.25) is 0 Å². The van der Waals surface area contributed by atoms with Gasteiger partial charge in [-0.1, -0.05) is 13.0 Å². The molecule has 24 heavy (non-hydrogen) atoms. The number of morpholine rings is 1. The van der Waals surface area contributed by atoms with Crippen LogP contribution in [0, 0.1) is 6.92 Å². The summed E-state index contributed by atoms with van der Waals surface area (Å²) in [5.74, 6) is 1.28. The minimum absolute atomic E-state index is 0.143. The highest BCUT2D eigenvalue weighted by Gasteiger charge is 2.33. The molecule has 1 aliphatic heterocycles. The molecule has 3 rings (SSSR count). The molecule has 0 unspecified atom stereocenters. The van der Waals surface area contributed by atoms with Crippen molar-refractivity contribution in [2.75, 3.05) is 25.0 Å². The fourth-order valence-corrected chi connectivity index (χ4v) is 2.75. The minimum atomic E-state index is -0.285. The predicted octanol–water partition coefficient (Wildman–Crippen LogP) is 2.61. The molecular weight excluding hydrogens is 306 g/mol. The molecule has 0 aromatic carbocycles. The Morgan fingerprint density at radius 1 is 1.46 bits per heavy atom. The first-order chi connectivity index (χ1) is 11.5. The topological polar surface area (TPSA) is 72.3 Å². The van der Waals surface area contributed by atoms with Gasteiger partial charge >= 0.3 is 6.03 Å². The number of hydrogen-bond acceptors (Lipinski definition) is 4. The molecule has 1 aliphatic rings. The summed E-state index contributed by atoms with van der Waals surface area (Å²) in [6, 6.07) is 7.28. The first-order valence-electron chi connectivity index (χ1n) is 8.19. The molecule has 1 atom stereocenters. The number of anilines is 1. The van der Waals surface area contributed by atoms with Gasteiger partial charge in [0, 0.05) is 18.8 Å². The third-order valence-corrected chi connectivity index (χ3v) is 4.30. The SMILES string of the molecule is CC[C@]1(C)CN(C(=O)Nc2cc(C)nn2-c2ccccn2)CCO1. The van der Waals surface area contributed by atoms with E-state index in [-0.39, 0.29) is 11.6 Å². The van der Waals surface area contributed by atoms with Crippen LogP contribution in [-0.2, 0) is 4.74 Å². The number of carbonyl (C=O) groups excluding carboxylic acids is 1. The van der Waals surface area contributed by atoms with Gasteiger partial charge in [0.1, 0.15) is 5.82 Å². The number of ether oxygens (including phenoxy) is 1. The molecule has 3 heterocycles. The van der Waals surface area contributed by atoms with Crippen LogP contribution in [0.4, 0.5) is 10.6 Å². The van der Waals surface area contributed by atoms with Gasteiger partial charge in [-0.3, -0.25) is 5.32 Å². The Kier molecular flexibility index (Phi) is 4.53. The van der Waals surface area contributed by atoms with E-state index in [1.165, 1.54) is 0 Å². The van der Waals surface area contributed by atoms with Gasteiger partial charge in [-0.15, -0.1) is 0 Å². The van der Waals surface area contributed by atoms with Gasteiger partial charge in [0.15, 0.2) is 5.82 Å². The molecule has 0 spiro atoms. The van der Waals surface area contributed by atoms with Crippen LogP contribution >= 0.6 is 0 Å². The highest BCUT2D eigenvalue weighted by molar-refractivity contribution is 5.89. The smallest absolute Gasteiger partial charge is 0.323 e. The lowest BCUT2D eigenvalue weighted by Crippen LogP contribution is -2.53. The molecular formula is C17H23N5O2. The summed E-state index contributed by atoms with van der Waals surface area (Å²) >= 11 is 0. The van der Waals surface area contributed by atoms with E-state index >= 15 is 0 Å². The molecule has 2 amide bonds. The van der Waals surface area contributed by atoms with Crippen molar-refractivity contribution in [2.45, 2.75) is 32.8 Å². The summed E-state index contributed by atoms with van der Waals surface area (Å²) < 4.78 is 7.44.